The fourth-order valence-corrected chi connectivity index (χ4v) is 3.26. The molecule has 0 aliphatic carbocycles. The maximum absolute atomic E-state index is 13.2. The van der Waals surface area contributed by atoms with Gasteiger partial charge in [0.25, 0.3) is 0 Å². The van der Waals surface area contributed by atoms with E-state index in [2.05, 4.69) is 5.10 Å². The molecule has 0 radical (unpaired) electrons. The Balaban J connectivity index is 2.12. The summed E-state index contributed by atoms with van der Waals surface area (Å²) in [7, 11) is -0.127. The molecule has 1 atom stereocenters. The van der Waals surface area contributed by atoms with E-state index in [1.54, 1.807) is 36.1 Å². The lowest BCUT2D eigenvalue weighted by molar-refractivity contribution is 0.278. The third kappa shape index (κ3) is 3.52. The van der Waals surface area contributed by atoms with Crippen LogP contribution in [0.4, 0.5) is 4.39 Å². The Hall–Kier alpha value is -2.55. The molecule has 2 aromatic carbocycles. The topological polar surface area (TPSA) is 90.4 Å². The molecule has 0 bridgehead atoms. The molecule has 1 heterocycles. The SMILES string of the molecule is COc1ccc(-c2cc(CF)nn2-c2ccc(S(N)=O)c(CO)c2)cc1. The maximum atomic E-state index is 13.2. The number of halogens is 1. The highest BCUT2D eigenvalue weighted by Gasteiger charge is 2.14. The van der Waals surface area contributed by atoms with Gasteiger partial charge in [-0.05, 0) is 54.1 Å². The van der Waals surface area contributed by atoms with E-state index >= 15 is 0 Å². The molecule has 0 spiro atoms. The molecule has 0 amide bonds. The van der Waals surface area contributed by atoms with Gasteiger partial charge in [-0.2, -0.15) is 5.10 Å². The van der Waals surface area contributed by atoms with Crippen LogP contribution >= 0.6 is 0 Å². The summed E-state index contributed by atoms with van der Waals surface area (Å²) in [5.74, 6) is 0.711. The first-order valence-electron chi connectivity index (χ1n) is 7.77. The van der Waals surface area contributed by atoms with Crippen molar-refractivity contribution in [1.29, 1.82) is 0 Å². The van der Waals surface area contributed by atoms with Gasteiger partial charge in [0.05, 0.1) is 35.7 Å². The molecular formula is C18H18FN3O3S. The Bertz CT molecular complexity index is 941. The van der Waals surface area contributed by atoms with Gasteiger partial charge in [0.1, 0.15) is 23.4 Å². The lowest BCUT2D eigenvalue weighted by atomic mass is 10.1. The fourth-order valence-electron chi connectivity index (χ4n) is 2.68. The highest BCUT2D eigenvalue weighted by Crippen LogP contribution is 2.27. The van der Waals surface area contributed by atoms with Crippen LogP contribution in [0, 0.1) is 0 Å². The number of hydrogen-bond donors (Lipinski definition) is 2. The standard InChI is InChI=1S/C18H18FN3O3S/c1-25-16-5-2-12(3-6-16)17-9-14(10-19)21-22(17)15-4-7-18(26(20)24)13(8-15)11-23/h2-9,23H,10-11,20H2,1H3. The molecule has 6 nitrogen and oxygen atoms in total. The predicted molar refractivity (Wildman–Crippen MR) is 96.9 cm³/mol. The first-order chi connectivity index (χ1) is 12.6. The molecule has 0 fully saturated rings. The molecule has 3 N–H and O–H groups in total. The molecule has 136 valence electrons. The lowest BCUT2D eigenvalue weighted by Crippen LogP contribution is -2.08. The predicted octanol–water partition coefficient (Wildman–Crippen LogP) is 2.49. The second-order valence-corrected chi connectivity index (χ2v) is 6.58. The Morgan fingerprint density at radius 2 is 1.96 bits per heavy atom. The van der Waals surface area contributed by atoms with Crippen LogP contribution < -0.4 is 9.88 Å². The average molecular weight is 375 g/mol. The number of ether oxygens (including phenoxy) is 1. The van der Waals surface area contributed by atoms with Gasteiger partial charge in [-0.3, -0.25) is 0 Å². The van der Waals surface area contributed by atoms with Crippen molar-refractivity contribution in [3.8, 4) is 22.7 Å². The van der Waals surface area contributed by atoms with Crippen molar-refractivity contribution in [3.05, 3.63) is 59.8 Å². The molecule has 26 heavy (non-hydrogen) atoms. The number of nitrogens with zero attached hydrogens (tertiary/aromatic N) is 2. The highest BCUT2D eigenvalue weighted by molar-refractivity contribution is 7.82. The maximum Gasteiger partial charge on any atom is 0.133 e. The minimum atomic E-state index is -1.71. The van der Waals surface area contributed by atoms with Gasteiger partial charge in [-0.25, -0.2) is 18.4 Å². The normalized spacial score (nSPS) is 12.2. The van der Waals surface area contributed by atoms with E-state index in [-0.39, 0.29) is 12.3 Å². The summed E-state index contributed by atoms with van der Waals surface area (Å²) in [6.45, 7) is -1.02. The largest absolute Gasteiger partial charge is 0.497 e. The second-order valence-electron chi connectivity index (χ2n) is 5.54. The van der Waals surface area contributed by atoms with Gasteiger partial charge in [-0.15, -0.1) is 0 Å². The van der Waals surface area contributed by atoms with E-state index in [4.69, 9.17) is 9.88 Å². The molecule has 1 unspecified atom stereocenters. The average Bonchev–Trinajstić information content (AvgIpc) is 3.12. The van der Waals surface area contributed by atoms with E-state index in [1.807, 2.05) is 24.3 Å². The minimum Gasteiger partial charge on any atom is -0.497 e. The third-order valence-electron chi connectivity index (χ3n) is 3.96. The van der Waals surface area contributed by atoms with Crippen LogP contribution in [0.25, 0.3) is 16.9 Å². The number of aromatic nitrogens is 2. The number of methoxy groups -OCH3 is 1. The van der Waals surface area contributed by atoms with Gasteiger partial charge in [0.2, 0.25) is 0 Å². The number of alkyl halides is 1. The minimum absolute atomic E-state index is 0.285. The van der Waals surface area contributed by atoms with Crippen LogP contribution in [0.15, 0.2) is 53.4 Å². The first-order valence-corrected chi connectivity index (χ1v) is 8.98. The summed E-state index contributed by atoms with van der Waals surface area (Å²) in [5, 5.41) is 19.3. The number of benzene rings is 2. The smallest absolute Gasteiger partial charge is 0.133 e. The van der Waals surface area contributed by atoms with Crippen LogP contribution in [0.3, 0.4) is 0 Å². The molecular weight excluding hydrogens is 357 g/mol. The summed E-state index contributed by atoms with van der Waals surface area (Å²) < 4.78 is 31.5. The Morgan fingerprint density at radius 3 is 2.54 bits per heavy atom. The Labute approximate surface area is 152 Å². The van der Waals surface area contributed by atoms with E-state index in [9.17, 15) is 13.7 Å². The fraction of sp³-hybridized carbons (Fsp3) is 0.167. The van der Waals surface area contributed by atoms with E-state index in [1.165, 1.54) is 0 Å². The number of aliphatic hydroxyl groups excluding tert-OH is 1. The van der Waals surface area contributed by atoms with Crippen LogP contribution in [-0.2, 0) is 24.3 Å². The zero-order valence-electron chi connectivity index (χ0n) is 14.1. The highest BCUT2D eigenvalue weighted by atomic mass is 32.2. The summed E-state index contributed by atoms with van der Waals surface area (Å²) in [6, 6.07) is 13.9. The molecule has 8 heteroatoms. The molecule has 0 aliphatic heterocycles. The molecule has 0 saturated carbocycles. The Kier molecular flexibility index (Phi) is 5.46. The zero-order valence-corrected chi connectivity index (χ0v) is 14.9. The number of nitrogens with two attached hydrogens (primary N) is 1. The van der Waals surface area contributed by atoms with Crippen molar-refractivity contribution in [2.24, 2.45) is 5.14 Å². The first kappa shape index (κ1) is 18.2. The van der Waals surface area contributed by atoms with Crippen molar-refractivity contribution in [2.45, 2.75) is 18.2 Å². The Morgan fingerprint density at radius 1 is 1.23 bits per heavy atom. The van der Waals surface area contributed by atoms with Gasteiger partial charge in [-0.1, -0.05) is 0 Å². The van der Waals surface area contributed by atoms with Gasteiger partial charge in [0.15, 0.2) is 0 Å². The van der Waals surface area contributed by atoms with Crippen molar-refractivity contribution in [1.82, 2.24) is 9.78 Å². The summed E-state index contributed by atoms with van der Waals surface area (Å²) in [4.78, 5) is 0.347. The van der Waals surface area contributed by atoms with Crippen molar-refractivity contribution in [3.63, 3.8) is 0 Å². The van der Waals surface area contributed by atoms with Crippen molar-refractivity contribution < 1.29 is 18.4 Å². The summed E-state index contributed by atoms with van der Waals surface area (Å²) in [6.07, 6.45) is 0. The lowest BCUT2D eigenvalue weighted by Gasteiger charge is -2.11. The molecule has 3 rings (SSSR count). The van der Waals surface area contributed by atoms with E-state index < -0.39 is 17.7 Å². The second kappa shape index (κ2) is 7.77. The van der Waals surface area contributed by atoms with Gasteiger partial charge >= 0.3 is 0 Å². The van der Waals surface area contributed by atoms with E-state index in [0.29, 0.717) is 27.6 Å². The number of hydrogen-bond acceptors (Lipinski definition) is 4. The number of rotatable bonds is 6. The van der Waals surface area contributed by atoms with Crippen LogP contribution in [-0.4, -0.2) is 26.2 Å². The molecule has 1 aromatic heterocycles. The van der Waals surface area contributed by atoms with Crippen LogP contribution in [0.2, 0.25) is 0 Å². The molecule has 0 aliphatic rings. The summed E-state index contributed by atoms with van der Waals surface area (Å²) >= 11 is 0. The van der Waals surface area contributed by atoms with Gasteiger partial charge < -0.3 is 9.84 Å². The van der Waals surface area contributed by atoms with Crippen molar-refractivity contribution >= 4 is 11.0 Å². The molecule has 0 saturated heterocycles. The summed E-state index contributed by atoms with van der Waals surface area (Å²) in [5.41, 5.74) is 2.84. The third-order valence-corrected chi connectivity index (χ3v) is 4.79. The van der Waals surface area contributed by atoms with Gasteiger partial charge in [0, 0.05) is 5.56 Å². The van der Waals surface area contributed by atoms with E-state index in [0.717, 1.165) is 5.56 Å². The number of aliphatic hydroxyl groups is 1. The van der Waals surface area contributed by atoms with Crippen LogP contribution in [0.1, 0.15) is 11.3 Å². The van der Waals surface area contributed by atoms with Crippen molar-refractivity contribution in [2.75, 3.05) is 7.11 Å². The van der Waals surface area contributed by atoms with Crippen LogP contribution in [0.5, 0.6) is 5.75 Å². The monoisotopic (exact) mass is 375 g/mol. The zero-order chi connectivity index (χ0) is 18.7. The molecule has 3 aromatic rings. The quantitative estimate of drug-likeness (QED) is 0.693.